The number of carbonyl (C=O) groups is 2. The average Bonchev–Trinajstić information content (AvgIpc) is 2.91. The van der Waals surface area contributed by atoms with Crippen molar-refractivity contribution < 1.29 is 14.3 Å². The fraction of sp³-hybridized carbons (Fsp3) is 0.913. The van der Waals surface area contributed by atoms with Crippen molar-refractivity contribution >= 4 is 11.8 Å². The molecule has 3 heteroatoms. The number of rotatable bonds is 3. The Morgan fingerprint density at radius 3 is 2.65 bits per heavy atom. The number of hydrogen-bond acceptors (Lipinski definition) is 3. The molecule has 146 valence electrons. The highest BCUT2D eigenvalue weighted by atomic mass is 16.5. The van der Waals surface area contributed by atoms with E-state index in [2.05, 4.69) is 13.8 Å². The molecule has 0 bridgehead atoms. The van der Waals surface area contributed by atoms with E-state index < -0.39 is 0 Å². The van der Waals surface area contributed by atoms with Crippen LogP contribution in [-0.4, -0.2) is 17.9 Å². The van der Waals surface area contributed by atoms with E-state index in [0.29, 0.717) is 29.5 Å². The van der Waals surface area contributed by atoms with Crippen molar-refractivity contribution in [3.8, 4) is 0 Å². The van der Waals surface area contributed by atoms with Crippen LogP contribution in [0.2, 0.25) is 0 Å². The fourth-order valence-corrected chi connectivity index (χ4v) is 7.55. The van der Waals surface area contributed by atoms with Gasteiger partial charge in [-0.15, -0.1) is 0 Å². The molecule has 0 N–H and O–H groups in total. The van der Waals surface area contributed by atoms with Crippen LogP contribution >= 0.6 is 0 Å². The van der Waals surface area contributed by atoms with Crippen molar-refractivity contribution in [1.82, 2.24) is 0 Å². The summed E-state index contributed by atoms with van der Waals surface area (Å²) >= 11 is 0. The molecule has 26 heavy (non-hydrogen) atoms. The van der Waals surface area contributed by atoms with Crippen LogP contribution in [0.1, 0.15) is 91.4 Å². The van der Waals surface area contributed by atoms with E-state index >= 15 is 0 Å². The molecule has 4 fully saturated rings. The number of fused-ring (bicyclic) bond motifs is 5. The Morgan fingerprint density at radius 2 is 1.88 bits per heavy atom. The Hall–Kier alpha value is -0.860. The summed E-state index contributed by atoms with van der Waals surface area (Å²) in [5, 5.41) is 0. The molecule has 4 saturated carbocycles. The van der Waals surface area contributed by atoms with Crippen molar-refractivity contribution in [2.75, 3.05) is 0 Å². The largest absolute Gasteiger partial charge is 0.462 e. The topological polar surface area (TPSA) is 43.4 Å². The molecule has 4 aliphatic rings. The molecule has 0 aromatic carbocycles. The second-order valence-electron chi connectivity index (χ2n) is 10.2. The van der Waals surface area contributed by atoms with E-state index in [-0.39, 0.29) is 17.5 Å². The summed E-state index contributed by atoms with van der Waals surface area (Å²) in [7, 11) is 0. The minimum Gasteiger partial charge on any atom is -0.462 e. The number of esters is 1. The molecular weight excluding hydrogens is 324 g/mol. The second kappa shape index (κ2) is 6.63. The van der Waals surface area contributed by atoms with Crippen LogP contribution in [-0.2, 0) is 14.3 Å². The van der Waals surface area contributed by atoms with Crippen LogP contribution in [0.4, 0.5) is 0 Å². The van der Waals surface area contributed by atoms with Crippen molar-refractivity contribution in [2.45, 2.75) is 97.5 Å². The molecule has 4 unspecified atom stereocenters. The van der Waals surface area contributed by atoms with E-state index in [4.69, 9.17) is 4.74 Å². The van der Waals surface area contributed by atoms with E-state index in [0.717, 1.165) is 50.4 Å². The zero-order valence-corrected chi connectivity index (χ0v) is 16.9. The summed E-state index contributed by atoms with van der Waals surface area (Å²) in [5.41, 5.74) is 0.376. The molecule has 0 amide bonds. The molecule has 0 heterocycles. The van der Waals surface area contributed by atoms with Gasteiger partial charge < -0.3 is 4.74 Å². The Labute approximate surface area is 158 Å². The van der Waals surface area contributed by atoms with Gasteiger partial charge in [-0.05, 0) is 86.9 Å². The normalized spacial score (nSPS) is 47.7. The summed E-state index contributed by atoms with van der Waals surface area (Å²) < 4.78 is 5.78. The summed E-state index contributed by atoms with van der Waals surface area (Å²) in [4.78, 5) is 24.4. The molecule has 0 radical (unpaired) electrons. The van der Waals surface area contributed by atoms with Gasteiger partial charge in [0.2, 0.25) is 0 Å². The lowest BCUT2D eigenvalue weighted by Crippen LogP contribution is -2.54. The quantitative estimate of drug-likeness (QED) is 0.641. The standard InChI is InChI=1S/C23H36O3/c1-4-5-21(25)26-16-10-12-22(2)15(14-16)6-7-17-18-8-9-20(24)23(18,3)13-11-19(17)22/h15-19H,4-14H2,1-3H3/t15-,16?,17?,18?,19?,22-,23-/m0/s1. The maximum atomic E-state index is 12.5. The molecule has 0 aromatic heterocycles. The first kappa shape index (κ1) is 18.5. The SMILES string of the molecule is CCCC(=O)OC1CC[C@]2(C)C3CC[C@]4(C)C(=O)CCC4C3CC[C@H]2C1. The van der Waals surface area contributed by atoms with E-state index in [1.54, 1.807) is 0 Å². The molecule has 3 nitrogen and oxygen atoms in total. The van der Waals surface area contributed by atoms with Crippen molar-refractivity contribution in [3.05, 3.63) is 0 Å². The van der Waals surface area contributed by atoms with Gasteiger partial charge in [0, 0.05) is 18.3 Å². The number of hydrogen-bond donors (Lipinski definition) is 0. The van der Waals surface area contributed by atoms with Gasteiger partial charge in [0.25, 0.3) is 0 Å². The third-order valence-corrected chi connectivity index (χ3v) is 9.08. The molecule has 7 atom stereocenters. The van der Waals surface area contributed by atoms with Gasteiger partial charge in [0.1, 0.15) is 11.9 Å². The summed E-state index contributed by atoms with van der Waals surface area (Å²) in [5.74, 6) is 3.38. The van der Waals surface area contributed by atoms with Gasteiger partial charge in [-0.2, -0.15) is 0 Å². The summed E-state index contributed by atoms with van der Waals surface area (Å²) in [6, 6.07) is 0. The number of ether oxygens (including phenoxy) is 1. The molecule has 0 saturated heterocycles. The zero-order valence-electron chi connectivity index (χ0n) is 16.9. The minimum absolute atomic E-state index is 0.00677. The Kier molecular flexibility index (Phi) is 4.72. The number of Topliss-reactive ketones (excluding diaryl/α,β-unsaturated/α-hetero) is 1. The second-order valence-corrected chi connectivity index (χ2v) is 10.2. The summed E-state index contributed by atoms with van der Waals surface area (Å²) in [6.45, 7) is 6.82. The van der Waals surface area contributed by atoms with Crippen molar-refractivity contribution in [2.24, 2.45) is 34.5 Å². The van der Waals surface area contributed by atoms with Crippen molar-refractivity contribution in [1.29, 1.82) is 0 Å². The Balaban J connectivity index is 1.47. The van der Waals surface area contributed by atoms with Gasteiger partial charge in [-0.25, -0.2) is 0 Å². The Morgan fingerprint density at radius 1 is 1.08 bits per heavy atom. The first-order valence-corrected chi connectivity index (χ1v) is 11.1. The predicted octanol–water partition coefficient (Wildman–Crippen LogP) is 5.31. The minimum atomic E-state index is -0.0166. The number of ketones is 1. The van der Waals surface area contributed by atoms with E-state index in [1.807, 2.05) is 6.92 Å². The van der Waals surface area contributed by atoms with Gasteiger partial charge in [0.05, 0.1) is 0 Å². The predicted molar refractivity (Wildman–Crippen MR) is 102 cm³/mol. The lowest BCUT2D eigenvalue weighted by atomic mass is 9.45. The van der Waals surface area contributed by atoms with Gasteiger partial charge in [-0.3, -0.25) is 9.59 Å². The molecule has 0 aromatic rings. The number of carbonyl (C=O) groups excluding carboxylic acids is 2. The molecule has 0 spiro atoms. The van der Waals surface area contributed by atoms with Crippen LogP contribution in [0.3, 0.4) is 0 Å². The van der Waals surface area contributed by atoms with Crippen LogP contribution in [0.15, 0.2) is 0 Å². The highest BCUT2D eigenvalue weighted by Crippen LogP contribution is 2.65. The summed E-state index contributed by atoms with van der Waals surface area (Å²) in [6.07, 6.45) is 11.7. The van der Waals surface area contributed by atoms with E-state index in [1.165, 1.54) is 25.7 Å². The highest BCUT2D eigenvalue weighted by molar-refractivity contribution is 5.87. The third-order valence-electron chi connectivity index (χ3n) is 9.08. The average molecular weight is 361 g/mol. The molecule has 4 aliphatic carbocycles. The fourth-order valence-electron chi connectivity index (χ4n) is 7.55. The maximum absolute atomic E-state index is 12.5. The van der Waals surface area contributed by atoms with Crippen molar-refractivity contribution in [3.63, 3.8) is 0 Å². The first-order valence-electron chi connectivity index (χ1n) is 11.1. The smallest absolute Gasteiger partial charge is 0.306 e. The highest BCUT2D eigenvalue weighted by Gasteiger charge is 2.60. The Bertz CT molecular complexity index is 584. The zero-order chi connectivity index (χ0) is 18.5. The van der Waals surface area contributed by atoms with Crippen LogP contribution < -0.4 is 0 Å². The van der Waals surface area contributed by atoms with Crippen LogP contribution in [0.5, 0.6) is 0 Å². The van der Waals surface area contributed by atoms with Crippen LogP contribution in [0.25, 0.3) is 0 Å². The van der Waals surface area contributed by atoms with Crippen LogP contribution in [0, 0.1) is 34.5 Å². The molecular formula is C23H36O3. The lowest BCUT2D eigenvalue weighted by molar-refractivity contribution is -0.162. The maximum Gasteiger partial charge on any atom is 0.306 e. The monoisotopic (exact) mass is 360 g/mol. The lowest BCUT2D eigenvalue weighted by Gasteiger charge is -2.60. The van der Waals surface area contributed by atoms with Gasteiger partial charge >= 0.3 is 5.97 Å². The molecule has 0 aliphatic heterocycles. The van der Waals surface area contributed by atoms with E-state index in [9.17, 15) is 9.59 Å². The van der Waals surface area contributed by atoms with Gasteiger partial charge in [-0.1, -0.05) is 20.8 Å². The van der Waals surface area contributed by atoms with Gasteiger partial charge in [0.15, 0.2) is 0 Å². The first-order chi connectivity index (χ1) is 12.4. The molecule has 4 rings (SSSR count). The third kappa shape index (κ3) is 2.76.